The lowest BCUT2D eigenvalue weighted by atomic mass is 9.95. The first-order chi connectivity index (χ1) is 29.3. The Morgan fingerprint density at radius 1 is 0.373 bits per heavy atom. The van der Waals surface area contributed by atoms with Gasteiger partial charge in [0, 0.05) is 38.8 Å². The van der Waals surface area contributed by atoms with Gasteiger partial charge in [0.25, 0.3) is 0 Å². The van der Waals surface area contributed by atoms with E-state index in [0.29, 0.717) is 0 Å². The van der Waals surface area contributed by atoms with Crippen molar-refractivity contribution in [1.29, 1.82) is 0 Å². The SMILES string of the molecule is c1ccc(-c2ccc(N(c3ccc4ccccc4c3)c3ccc(-c4cccc5c4c4ccccc4n5-c4ccccc4)c4oc5ccc6ccccc6c5c34)cc2)cc1. The summed E-state index contributed by atoms with van der Waals surface area (Å²) in [7, 11) is 0. The van der Waals surface area contributed by atoms with E-state index in [1.54, 1.807) is 0 Å². The van der Waals surface area contributed by atoms with Crippen LogP contribution in [0.2, 0.25) is 0 Å². The minimum atomic E-state index is 0.865. The zero-order chi connectivity index (χ0) is 38.9. The Balaban J connectivity index is 1.17. The van der Waals surface area contributed by atoms with Crippen molar-refractivity contribution in [3.63, 3.8) is 0 Å². The molecule has 0 saturated carbocycles. The fraction of sp³-hybridized carbons (Fsp3) is 0. The topological polar surface area (TPSA) is 21.3 Å². The predicted octanol–water partition coefficient (Wildman–Crippen LogP) is 15.8. The number of nitrogens with zero attached hydrogens (tertiary/aromatic N) is 2. The predicted molar refractivity (Wildman–Crippen MR) is 249 cm³/mol. The van der Waals surface area contributed by atoms with E-state index in [9.17, 15) is 0 Å². The van der Waals surface area contributed by atoms with Crippen LogP contribution in [0, 0.1) is 0 Å². The summed E-state index contributed by atoms with van der Waals surface area (Å²) < 4.78 is 9.56. The molecule has 0 fully saturated rings. The Hall–Kier alpha value is -7.88. The summed E-state index contributed by atoms with van der Waals surface area (Å²) in [6.45, 7) is 0. The summed E-state index contributed by atoms with van der Waals surface area (Å²) in [6.07, 6.45) is 0. The Morgan fingerprint density at radius 3 is 1.85 bits per heavy atom. The maximum Gasteiger partial charge on any atom is 0.145 e. The molecule has 0 atom stereocenters. The van der Waals surface area contributed by atoms with Crippen LogP contribution in [-0.4, -0.2) is 4.57 Å². The number of anilines is 3. The Kier molecular flexibility index (Phi) is 7.54. The van der Waals surface area contributed by atoms with E-state index < -0.39 is 0 Å². The number of benzene rings is 10. The van der Waals surface area contributed by atoms with Crippen molar-refractivity contribution >= 4 is 82.4 Å². The second kappa shape index (κ2) is 13.4. The van der Waals surface area contributed by atoms with Crippen LogP contribution >= 0.6 is 0 Å². The third kappa shape index (κ3) is 5.29. The summed E-state index contributed by atoms with van der Waals surface area (Å²) in [5.74, 6) is 0. The molecule has 0 radical (unpaired) electrons. The summed E-state index contributed by atoms with van der Waals surface area (Å²) >= 11 is 0. The largest absolute Gasteiger partial charge is 0.455 e. The summed E-state index contributed by atoms with van der Waals surface area (Å²) in [6, 6.07) is 78.6. The van der Waals surface area contributed by atoms with Crippen LogP contribution in [0.1, 0.15) is 0 Å². The van der Waals surface area contributed by atoms with Gasteiger partial charge >= 0.3 is 0 Å². The van der Waals surface area contributed by atoms with Gasteiger partial charge in [-0.15, -0.1) is 0 Å². The maximum atomic E-state index is 7.17. The fourth-order valence-corrected chi connectivity index (χ4v) is 9.30. The molecule has 0 amide bonds. The van der Waals surface area contributed by atoms with E-state index in [1.165, 1.54) is 49.0 Å². The van der Waals surface area contributed by atoms with E-state index in [1.807, 2.05) is 0 Å². The number of rotatable bonds is 6. The summed E-state index contributed by atoms with van der Waals surface area (Å²) in [5.41, 5.74) is 13.0. The molecule has 0 saturated heterocycles. The second-order valence-electron chi connectivity index (χ2n) is 15.3. The molecule has 0 spiro atoms. The van der Waals surface area contributed by atoms with Gasteiger partial charge in [-0.3, -0.25) is 0 Å². The molecule has 3 nitrogen and oxygen atoms in total. The van der Waals surface area contributed by atoms with Gasteiger partial charge in [0.15, 0.2) is 0 Å². The fourth-order valence-electron chi connectivity index (χ4n) is 9.30. The van der Waals surface area contributed by atoms with Crippen LogP contribution in [0.15, 0.2) is 223 Å². The number of para-hydroxylation sites is 2. The first kappa shape index (κ1) is 33.3. The zero-order valence-corrected chi connectivity index (χ0v) is 32.1. The zero-order valence-electron chi connectivity index (χ0n) is 32.1. The lowest BCUT2D eigenvalue weighted by molar-refractivity contribution is 0.670. The van der Waals surface area contributed by atoms with Crippen molar-refractivity contribution in [1.82, 2.24) is 4.57 Å². The van der Waals surface area contributed by atoms with Gasteiger partial charge < -0.3 is 13.9 Å². The molecule has 0 aliphatic rings. The summed E-state index contributed by atoms with van der Waals surface area (Å²) in [4.78, 5) is 2.41. The average Bonchev–Trinajstić information content (AvgIpc) is 3.87. The van der Waals surface area contributed by atoms with Gasteiger partial charge in [0.1, 0.15) is 11.2 Å². The second-order valence-corrected chi connectivity index (χ2v) is 15.3. The first-order valence-corrected chi connectivity index (χ1v) is 20.2. The number of fused-ring (bicyclic) bond motifs is 9. The molecule has 0 N–H and O–H groups in total. The third-order valence-corrected chi connectivity index (χ3v) is 12.0. The Labute approximate surface area is 341 Å². The standard InChI is InChI=1S/C56H36N2O/c1-3-14-37(15-4-1)39-26-30-43(31-27-39)57(44-32-28-38-16-7-8-18-41(38)36-44)51-34-33-47(56-55(51)54-45-21-10-9-17-40(45)29-35-52(54)59-56)46-23-13-25-50-53(46)48-22-11-12-24-49(48)58(50)42-19-5-2-6-20-42/h1-36H. The van der Waals surface area contributed by atoms with Crippen molar-refractivity contribution in [2.75, 3.05) is 4.90 Å². The minimum Gasteiger partial charge on any atom is -0.455 e. The van der Waals surface area contributed by atoms with E-state index in [-0.39, 0.29) is 0 Å². The molecule has 2 heterocycles. The number of hydrogen-bond donors (Lipinski definition) is 0. The molecule has 0 aliphatic carbocycles. The van der Waals surface area contributed by atoms with Crippen LogP contribution < -0.4 is 4.90 Å². The molecule has 59 heavy (non-hydrogen) atoms. The highest BCUT2D eigenvalue weighted by atomic mass is 16.3. The highest BCUT2D eigenvalue weighted by molar-refractivity contribution is 6.27. The smallest absolute Gasteiger partial charge is 0.145 e. The molecule has 0 aliphatic heterocycles. The Morgan fingerprint density at radius 2 is 1.02 bits per heavy atom. The van der Waals surface area contributed by atoms with Crippen LogP contribution in [0.5, 0.6) is 0 Å². The quantitative estimate of drug-likeness (QED) is 0.169. The first-order valence-electron chi connectivity index (χ1n) is 20.2. The normalized spacial score (nSPS) is 11.7. The molecular weight excluding hydrogens is 717 g/mol. The lowest BCUT2D eigenvalue weighted by Gasteiger charge is -2.27. The van der Waals surface area contributed by atoms with E-state index in [0.717, 1.165) is 61.3 Å². The number of hydrogen-bond acceptors (Lipinski definition) is 2. The van der Waals surface area contributed by atoms with E-state index in [2.05, 4.69) is 228 Å². The molecule has 3 heteroatoms. The van der Waals surface area contributed by atoms with E-state index in [4.69, 9.17) is 4.42 Å². The van der Waals surface area contributed by atoms with E-state index >= 15 is 0 Å². The average molecular weight is 753 g/mol. The van der Waals surface area contributed by atoms with Crippen LogP contribution in [0.4, 0.5) is 17.1 Å². The van der Waals surface area contributed by atoms with Gasteiger partial charge in [-0.25, -0.2) is 0 Å². The van der Waals surface area contributed by atoms with Gasteiger partial charge in [0.2, 0.25) is 0 Å². The lowest BCUT2D eigenvalue weighted by Crippen LogP contribution is -2.10. The van der Waals surface area contributed by atoms with Gasteiger partial charge in [0.05, 0.1) is 22.1 Å². The third-order valence-electron chi connectivity index (χ3n) is 12.0. The number of aromatic nitrogens is 1. The molecule has 12 aromatic rings. The van der Waals surface area contributed by atoms with Crippen LogP contribution in [0.25, 0.3) is 93.2 Å². The highest BCUT2D eigenvalue weighted by Gasteiger charge is 2.25. The van der Waals surface area contributed by atoms with Crippen molar-refractivity contribution in [3.05, 3.63) is 218 Å². The molecule has 276 valence electrons. The number of furan rings is 1. The monoisotopic (exact) mass is 752 g/mol. The van der Waals surface area contributed by atoms with Crippen LogP contribution in [0.3, 0.4) is 0 Å². The molecule has 12 rings (SSSR count). The molecular formula is C56H36N2O. The molecule has 2 aromatic heterocycles. The van der Waals surface area contributed by atoms with Crippen LogP contribution in [-0.2, 0) is 0 Å². The van der Waals surface area contributed by atoms with Gasteiger partial charge in [-0.05, 0) is 105 Å². The summed E-state index contributed by atoms with van der Waals surface area (Å²) in [5, 5.41) is 9.34. The van der Waals surface area contributed by atoms with Gasteiger partial charge in [-0.2, -0.15) is 0 Å². The van der Waals surface area contributed by atoms with Gasteiger partial charge in [-0.1, -0.05) is 152 Å². The Bertz CT molecular complexity index is 3540. The van der Waals surface area contributed by atoms with Crippen molar-refractivity contribution < 1.29 is 4.42 Å². The molecule has 10 aromatic carbocycles. The maximum absolute atomic E-state index is 7.17. The minimum absolute atomic E-state index is 0.865. The molecule has 0 unspecified atom stereocenters. The van der Waals surface area contributed by atoms with Crippen molar-refractivity contribution in [3.8, 4) is 27.9 Å². The molecule has 0 bridgehead atoms. The van der Waals surface area contributed by atoms with Crippen molar-refractivity contribution in [2.24, 2.45) is 0 Å². The van der Waals surface area contributed by atoms with Crippen molar-refractivity contribution in [2.45, 2.75) is 0 Å². The highest BCUT2D eigenvalue weighted by Crippen LogP contribution is 2.50.